The summed E-state index contributed by atoms with van der Waals surface area (Å²) < 4.78 is 13.8. The quantitative estimate of drug-likeness (QED) is 0.748. The molecule has 19 heavy (non-hydrogen) atoms. The molecule has 0 heterocycles. The van der Waals surface area contributed by atoms with Crippen molar-refractivity contribution in [1.29, 1.82) is 5.26 Å². The molecule has 0 amide bonds. The van der Waals surface area contributed by atoms with Gasteiger partial charge in [0.05, 0.1) is 6.07 Å². The Morgan fingerprint density at radius 3 is 2.26 bits per heavy atom. The standard InChI is InChI=1S/C16H23FN2/c1-4-10-19(11-5-2)16(3,13-18)12-14-8-6-7-9-15(14)17/h6-9H,4-5,10-12H2,1-3H3. The molecule has 1 unspecified atom stereocenters. The Morgan fingerprint density at radius 2 is 1.79 bits per heavy atom. The molecule has 0 aliphatic heterocycles. The van der Waals surface area contributed by atoms with Crippen LogP contribution in [0.15, 0.2) is 24.3 Å². The number of benzene rings is 1. The highest BCUT2D eigenvalue weighted by Crippen LogP contribution is 2.22. The lowest BCUT2D eigenvalue weighted by Crippen LogP contribution is -2.48. The maximum atomic E-state index is 13.8. The van der Waals surface area contributed by atoms with Gasteiger partial charge < -0.3 is 0 Å². The molecule has 0 fully saturated rings. The van der Waals surface area contributed by atoms with Crippen molar-refractivity contribution in [3.8, 4) is 6.07 Å². The molecule has 1 atom stereocenters. The maximum Gasteiger partial charge on any atom is 0.126 e. The zero-order chi connectivity index (χ0) is 14.3. The molecule has 104 valence electrons. The second-order valence-corrected chi connectivity index (χ2v) is 5.14. The topological polar surface area (TPSA) is 27.0 Å². The van der Waals surface area contributed by atoms with Gasteiger partial charge in [0, 0.05) is 6.42 Å². The molecule has 0 aliphatic rings. The third kappa shape index (κ3) is 4.04. The van der Waals surface area contributed by atoms with Gasteiger partial charge in [0.25, 0.3) is 0 Å². The molecule has 1 aromatic rings. The van der Waals surface area contributed by atoms with Crippen molar-refractivity contribution in [2.45, 2.75) is 45.6 Å². The minimum Gasteiger partial charge on any atom is -0.286 e. The van der Waals surface area contributed by atoms with E-state index in [-0.39, 0.29) is 5.82 Å². The molecule has 2 nitrogen and oxygen atoms in total. The first-order valence-corrected chi connectivity index (χ1v) is 6.97. The highest BCUT2D eigenvalue weighted by Gasteiger charge is 2.31. The van der Waals surface area contributed by atoms with Gasteiger partial charge in [-0.1, -0.05) is 32.0 Å². The number of hydrogen-bond acceptors (Lipinski definition) is 2. The van der Waals surface area contributed by atoms with E-state index in [0.717, 1.165) is 25.9 Å². The second kappa shape index (κ2) is 7.25. The average molecular weight is 262 g/mol. The van der Waals surface area contributed by atoms with Crippen LogP contribution in [0.5, 0.6) is 0 Å². The van der Waals surface area contributed by atoms with Crippen molar-refractivity contribution in [3.63, 3.8) is 0 Å². The van der Waals surface area contributed by atoms with Crippen LogP contribution in [-0.2, 0) is 6.42 Å². The Morgan fingerprint density at radius 1 is 1.21 bits per heavy atom. The predicted molar refractivity (Wildman–Crippen MR) is 76.3 cm³/mol. The first-order chi connectivity index (χ1) is 9.07. The minimum absolute atomic E-state index is 0.225. The summed E-state index contributed by atoms with van der Waals surface area (Å²) in [7, 11) is 0. The van der Waals surface area contributed by atoms with Crippen molar-refractivity contribution < 1.29 is 4.39 Å². The third-order valence-electron chi connectivity index (χ3n) is 3.42. The van der Waals surface area contributed by atoms with Gasteiger partial charge in [0.15, 0.2) is 0 Å². The molecule has 1 aromatic carbocycles. The van der Waals surface area contributed by atoms with E-state index in [9.17, 15) is 9.65 Å². The molecule has 3 heteroatoms. The van der Waals surface area contributed by atoms with E-state index in [1.807, 2.05) is 13.0 Å². The normalized spacial score (nSPS) is 14.1. The van der Waals surface area contributed by atoms with Gasteiger partial charge in [0.2, 0.25) is 0 Å². The highest BCUT2D eigenvalue weighted by molar-refractivity contribution is 5.23. The first kappa shape index (κ1) is 15.7. The molecule has 0 aliphatic carbocycles. The summed E-state index contributed by atoms with van der Waals surface area (Å²) in [4.78, 5) is 2.17. The molecular weight excluding hydrogens is 239 g/mol. The number of rotatable bonds is 7. The lowest BCUT2D eigenvalue weighted by atomic mass is 9.91. The van der Waals surface area contributed by atoms with Crippen LogP contribution in [0.25, 0.3) is 0 Å². The van der Waals surface area contributed by atoms with Crippen LogP contribution in [0.4, 0.5) is 4.39 Å². The summed E-state index contributed by atoms with van der Waals surface area (Å²) in [6.45, 7) is 7.84. The lowest BCUT2D eigenvalue weighted by Gasteiger charge is -2.36. The molecule has 0 bridgehead atoms. The van der Waals surface area contributed by atoms with Gasteiger partial charge in [-0.3, -0.25) is 4.90 Å². The van der Waals surface area contributed by atoms with Crippen molar-refractivity contribution in [3.05, 3.63) is 35.6 Å². The second-order valence-electron chi connectivity index (χ2n) is 5.14. The summed E-state index contributed by atoms with van der Waals surface area (Å²) in [5, 5.41) is 9.55. The molecule has 0 aromatic heterocycles. The smallest absolute Gasteiger partial charge is 0.126 e. The van der Waals surface area contributed by atoms with E-state index in [0.29, 0.717) is 12.0 Å². The number of nitriles is 1. The Bertz CT molecular complexity index is 433. The Labute approximate surface area is 115 Å². The summed E-state index contributed by atoms with van der Waals surface area (Å²) in [6, 6.07) is 9.10. The maximum absolute atomic E-state index is 13.8. The van der Waals surface area contributed by atoms with Crippen molar-refractivity contribution in [1.82, 2.24) is 4.90 Å². The Balaban J connectivity index is 2.96. The third-order valence-corrected chi connectivity index (χ3v) is 3.42. The van der Waals surface area contributed by atoms with Crippen LogP contribution >= 0.6 is 0 Å². The van der Waals surface area contributed by atoms with E-state index in [4.69, 9.17) is 0 Å². The van der Waals surface area contributed by atoms with Crippen LogP contribution in [0.2, 0.25) is 0 Å². The van der Waals surface area contributed by atoms with Gasteiger partial charge >= 0.3 is 0 Å². The predicted octanol–water partition coefficient (Wildman–Crippen LogP) is 3.77. The summed E-state index contributed by atoms with van der Waals surface area (Å²) in [5.74, 6) is -0.225. The fourth-order valence-electron chi connectivity index (χ4n) is 2.38. The summed E-state index contributed by atoms with van der Waals surface area (Å²) >= 11 is 0. The van der Waals surface area contributed by atoms with Crippen LogP contribution in [0.1, 0.15) is 39.2 Å². The minimum atomic E-state index is -0.645. The van der Waals surface area contributed by atoms with E-state index >= 15 is 0 Å². The van der Waals surface area contributed by atoms with Gasteiger partial charge in [-0.05, 0) is 44.5 Å². The van der Waals surface area contributed by atoms with Gasteiger partial charge in [0.1, 0.15) is 11.4 Å². The van der Waals surface area contributed by atoms with Gasteiger partial charge in [-0.15, -0.1) is 0 Å². The fraction of sp³-hybridized carbons (Fsp3) is 0.562. The molecule has 0 saturated carbocycles. The number of hydrogen-bond donors (Lipinski definition) is 0. The Kier molecular flexibility index (Phi) is 5.98. The zero-order valence-electron chi connectivity index (χ0n) is 12.1. The molecule has 0 N–H and O–H groups in total. The first-order valence-electron chi connectivity index (χ1n) is 6.97. The Hall–Kier alpha value is -1.40. The largest absolute Gasteiger partial charge is 0.286 e. The SMILES string of the molecule is CCCN(CCC)C(C)(C#N)Cc1ccccc1F. The van der Waals surface area contributed by atoms with E-state index in [1.54, 1.807) is 12.1 Å². The average Bonchev–Trinajstić information content (AvgIpc) is 2.41. The summed E-state index contributed by atoms with van der Waals surface area (Å²) in [5.41, 5.74) is -0.0300. The zero-order valence-corrected chi connectivity index (χ0v) is 12.1. The van der Waals surface area contributed by atoms with Gasteiger partial charge in [-0.2, -0.15) is 5.26 Å². The molecule has 0 radical (unpaired) electrons. The molecule has 0 saturated heterocycles. The molecule has 1 rings (SSSR count). The van der Waals surface area contributed by atoms with Crippen molar-refractivity contribution >= 4 is 0 Å². The van der Waals surface area contributed by atoms with Crippen LogP contribution < -0.4 is 0 Å². The fourth-order valence-corrected chi connectivity index (χ4v) is 2.38. The highest BCUT2D eigenvalue weighted by atomic mass is 19.1. The van der Waals surface area contributed by atoms with Crippen LogP contribution in [0, 0.1) is 17.1 Å². The molecular formula is C16H23FN2. The van der Waals surface area contributed by atoms with E-state index < -0.39 is 5.54 Å². The number of nitrogens with zero attached hydrogens (tertiary/aromatic N) is 2. The summed E-state index contributed by atoms with van der Waals surface area (Å²) in [6.07, 6.45) is 2.42. The van der Waals surface area contributed by atoms with Crippen LogP contribution in [-0.4, -0.2) is 23.5 Å². The van der Waals surface area contributed by atoms with Crippen LogP contribution in [0.3, 0.4) is 0 Å². The van der Waals surface area contributed by atoms with Gasteiger partial charge in [-0.25, -0.2) is 4.39 Å². The van der Waals surface area contributed by atoms with E-state index in [2.05, 4.69) is 24.8 Å². The number of halogens is 1. The monoisotopic (exact) mass is 262 g/mol. The lowest BCUT2D eigenvalue weighted by molar-refractivity contribution is 0.150. The van der Waals surface area contributed by atoms with Crippen molar-refractivity contribution in [2.24, 2.45) is 0 Å². The van der Waals surface area contributed by atoms with E-state index in [1.165, 1.54) is 6.07 Å². The molecule has 0 spiro atoms. The van der Waals surface area contributed by atoms with Crippen molar-refractivity contribution in [2.75, 3.05) is 13.1 Å².